The van der Waals surface area contributed by atoms with Crippen LogP contribution in [0.5, 0.6) is 0 Å². The molecule has 2 N–H and O–H groups in total. The highest BCUT2D eigenvalue weighted by Crippen LogP contribution is 2.20. The molecule has 1 aromatic carbocycles. The molecule has 0 fully saturated rings. The Morgan fingerprint density at radius 3 is 2.89 bits per heavy atom. The van der Waals surface area contributed by atoms with Gasteiger partial charge in [0.05, 0.1) is 6.54 Å². The van der Waals surface area contributed by atoms with Crippen molar-refractivity contribution in [1.29, 1.82) is 0 Å². The molecule has 0 saturated heterocycles. The Labute approximate surface area is 107 Å². The number of rotatable bonds is 3. The van der Waals surface area contributed by atoms with Crippen LogP contribution in [0.4, 0.5) is 0 Å². The van der Waals surface area contributed by atoms with Gasteiger partial charge >= 0.3 is 0 Å². The fraction of sp³-hybridized carbons (Fsp3) is 0.333. The van der Waals surface area contributed by atoms with E-state index in [9.17, 15) is 5.11 Å². The van der Waals surface area contributed by atoms with Crippen LogP contribution in [-0.2, 0) is 6.42 Å². The van der Waals surface area contributed by atoms with Crippen molar-refractivity contribution in [2.24, 2.45) is 0 Å². The van der Waals surface area contributed by atoms with Gasteiger partial charge in [-0.15, -0.1) is 0 Å². The van der Waals surface area contributed by atoms with Gasteiger partial charge in [0.2, 0.25) is 0 Å². The zero-order chi connectivity index (χ0) is 12.5. The molecular formula is C15H18N2O. The topological polar surface area (TPSA) is 39.3 Å². The summed E-state index contributed by atoms with van der Waals surface area (Å²) in [7, 11) is 0. The lowest BCUT2D eigenvalue weighted by Crippen LogP contribution is -2.24. The molecule has 18 heavy (non-hydrogen) atoms. The number of aliphatic hydroxyl groups is 1. The number of nitrogens with zero attached hydrogens (tertiary/aromatic N) is 1. The Kier molecular flexibility index (Phi) is 2.84. The fourth-order valence-electron chi connectivity index (χ4n) is 2.60. The molecule has 0 unspecified atom stereocenters. The number of fused-ring (bicyclic) bond motifs is 1. The van der Waals surface area contributed by atoms with Crippen molar-refractivity contribution in [2.45, 2.75) is 13.3 Å². The lowest BCUT2D eigenvalue weighted by molar-refractivity contribution is 0.304. The molecule has 94 valence electrons. The highest BCUT2D eigenvalue weighted by molar-refractivity contribution is 5.83. The Bertz CT molecular complexity index is 583. The summed E-state index contributed by atoms with van der Waals surface area (Å²) in [6.07, 6.45) is 3.12. The Morgan fingerprint density at radius 1 is 1.28 bits per heavy atom. The van der Waals surface area contributed by atoms with Gasteiger partial charge in [-0.05, 0) is 30.5 Å². The quantitative estimate of drug-likeness (QED) is 0.868. The smallest absolute Gasteiger partial charge is 0.106 e. The van der Waals surface area contributed by atoms with Gasteiger partial charge in [-0.1, -0.05) is 18.2 Å². The van der Waals surface area contributed by atoms with Crippen LogP contribution in [0.3, 0.4) is 0 Å². The average Bonchev–Trinajstić information content (AvgIpc) is 2.92. The highest BCUT2D eigenvalue weighted by atomic mass is 16.3. The van der Waals surface area contributed by atoms with E-state index in [-0.39, 0.29) is 0 Å². The number of aromatic amines is 1. The molecule has 3 rings (SSSR count). The van der Waals surface area contributed by atoms with Crippen LogP contribution in [-0.4, -0.2) is 34.6 Å². The summed E-state index contributed by atoms with van der Waals surface area (Å²) < 4.78 is 0. The molecule has 0 bridgehead atoms. The van der Waals surface area contributed by atoms with Crippen LogP contribution >= 0.6 is 0 Å². The lowest BCUT2D eigenvalue weighted by Gasteiger charge is -2.14. The number of hydrogen-bond donors (Lipinski definition) is 2. The molecule has 1 aromatic heterocycles. The number of para-hydroxylation sites is 1. The van der Waals surface area contributed by atoms with E-state index in [0.717, 1.165) is 25.1 Å². The second-order valence-corrected chi connectivity index (χ2v) is 5.05. The standard InChI is InChI=1S/C15H18N2O/c1-11-9-17(10-15(11)18)7-6-12-8-16-14-5-3-2-4-13(12)14/h2-5,8,16,18H,6-7,9-10H2,1H3. The first-order valence-corrected chi connectivity index (χ1v) is 6.39. The molecule has 3 nitrogen and oxygen atoms in total. The van der Waals surface area contributed by atoms with Gasteiger partial charge in [0.1, 0.15) is 5.76 Å². The summed E-state index contributed by atoms with van der Waals surface area (Å²) >= 11 is 0. The summed E-state index contributed by atoms with van der Waals surface area (Å²) in [5, 5.41) is 10.9. The minimum atomic E-state index is 0.550. The van der Waals surface area contributed by atoms with Crippen LogP contribution in [0.1, 0.15) is 12.5 Å². The van der Waals surface area contributed by atoms with Crippen LogP contribution in [0.25, 0.3) is 10.9 Å². The van der Waals surface area contributed by atoms with E-state index < -0.39 is 0 Å². The van der Waals surface area contributed by atoms with E-state index >= 15 is 0 Å². The normalized spacial score (nSPS) is 16.9. The SMILES string of the molecule is CC1=C(O)CN(CCc2c[nH]c3ccccc23)C1. The first kappa shape index (κ1) is 11.4. The molecule has 1 aliphatic heterocycles. The third kappa shape index (κ3) is 2.02. The van der Waals surface area contributed by atoms with Crippen molar-refractivity contribution in [2.75, 3.05) is 19.6 Å². The lowest BCUT2D eigenvalue weighted by atomic mass is 10.1. The van der Waals surface area contributed by atoms with Gasteiger partial charge in [-0.25, -0.2) is 0 Å². The second-order valence-electron chi connectivity index (χ2n) is 5.05. The monoisotopic (exact) mass is 242 g/mol. The molecule has 2 aromatic rings. The number of aliphatic hydroxyl groups excluding tert-OH is 1. The Morgan fingerprint density at radius 2 is 2.11 bits per heavy atom. The van der Waals surface area contributed by atoms with E-state index in [4.69, 9.17) is 0 Å². The molecule has 3 heteroatoms. The van der Waals surface area contributed by atoms with Crippen LogP contribution in [0, 0.1) is 0 Å². The number of aromatic nitrogens is 1. The van der Waals surface area contributed by atoms with Gasteiger partial charge in [0.15, 0.2) is 0 Å². The van der Waals surface area contributed by atoms with Crippen LogP contribution in [0.2, 0.25) is 0 Å². The van der Waals surface area contributed by atoms with Crippen LogP contribution in [0.15, 0.2) is 41.8 Å². The Hall–Kier alpha value is -1.74. The largest absolute Gasteiger partial charge is 0.511 e. The summed E-state index contributed by atoms with van der Waals surface area (Å²) in [4.78, 5) is 5.59. The number of nitrogens with one attached hydrogen (secondary N) is 1. The number of benzene rings is 1. The minimum Gasteiger partial charge on any atom is -0.511 e. The van der Waals surface area contributed by atoms with Crippen molar-refractivity contribution in [1.82, 2.24) is 9.88 Å². The predicted octanol–water partition coefficient (Wildman–Crippen LogP) is 2.86. The maximum absolute atomic E-state index is 9.63. The average molecular weight is 242 g/mol. The van der Waals surface area contributed by atoms with Gasteiger partial charge in [0, 0.05) is 30.2 Å². The molecule has 0 aliphatic carbocycles. The van der Waals surface area contributed by atoms with E-state index in [2.05, 4.69) is 40.3 Å². The molecule has 0 saturated carbocycles. The second kappa shape index (κ2) is 4.50. The van der Waals surface area contributed by atoms with E-state index in [0.29, 0.717) is 12.3 Å². The molecule has 2 heterocycles. The molecular weight excluding hydrogens is 224 g/mol. The summed E-state index contributed by atoms with van der Waals surface area (Å²) in [5.41, 5.74) is 3.66. The maximum Gasteiger partial charge on any atom is 0.106 e. The van der Waals surface area contributed by atoms with Crippen molar-refractivity contribution in [3.05, 3.63) is 47.4 Å². The predicted molar refractivity (Wildman–Crippen MR) is 73.8 cm³/mol. The van der Waals surface area contributed by atoms with Crippen molar-refractivity contribution >= 4 is 10.9 Å². The zero-order valence-electron chi connectivity index (χ0n) is 10.6. The van der Waals surface area contributed by atoms with Gasteiger partial charge in [-0.2, -0.15) is 0 Å². The molecule has 0 amide bonds. The molecule has 1 aliphatic rings. The van der Waals surface area contributed by atoms with Crippen LogP contribution < -0.4 is 0 Å². The van der Waals surface area contributed by atoms with E-state index in [1.807, 2.05) is 6.92 Å². The summed E-state index contributed by atoms with van der Waals surface area (Å²) in [5.74, 6) is 0.550. The molecule has 0 radical (unpaired) electrons. The number of H-pyrrole nitrogens is 1. The first-order chi connectivity index (χ1) is 8.74. The van der Waals surface area contributed by atoms with Gasteiger partial charge < -0.3 is 10.1 Å². The van der Waals surface area contributed by atoms with Crippen molar-refractivity contribution < 1.29 is 5.11 Å². The highest BCUT2D eigenvalue weighted by Gasteiger charge is 2.18. The molecule has 0 spiro atoms. The van der Waals surface area contributed by atoms with Crippen molar-refractivity contribution in [3.63, 3.8) is 0 Å². The van der Waals surface area contributed by atoms with Gasteiger partial charge in [0.25, 0.3) is 0 Å². The van der Waals surface area contributed by atoms with Gasteiger partial charge in [-0.3, -0.25) is 4.90 Å². The third-order valence-electron chi connectivity index (χ3n) is 3.70. The molecule has 0 atom stereocenters. The maximum atomic E-state index is 9.63. The zero-order valence-corrected chi connectivity index (χ0v) is 10.6. The van der Waals surface area contributed by atoms with E-state index in [1.54, 1.807) is 0 Å². The first-order valence-electron chi connectivity index (χ1n) is 6.39. The summed E-state index contributed by atoms with van der Waals surface area (Å²) in [6, 6.07) is 8.39. The Balaban J connectivity index is 1.68. The van der Waals surface area contributed by atoms with Crippen molar-refractivity contribution in [3.8, 4) is 0 Å². The number of hydrogen-bond acceptors (Lipinski definition) is 2. The fourth-order valence-corrected chi connectivity index (χ4v) is 2.60. The third-order valence-corrected chi connectivity index (χ3v) is 3.70. The minimum absolute atomic E-state index is 0.550. The summed E-state index contributed by atoms with van der Waals surface area (Å²) in [6.45, 7) is 4.59. The van der Waals surface area contributed by atoms with E-state index in [1.165, 1.54) is 16.5 Å².